The minimum Gasteiger partial charge on any atom is -0.465 e. The third-order valence-electron chi connectivity index (χ3n) is 1.69. The average molecular weight is 160 g/mol. The van der Waals surface area contributed by atoms with E-state index in [0.29, 0.717) is 19.6 Å². The lowest BCUT2D eigenvalue weighted by Gasteiger charge is -2.30. The summed E-state index contributed by atoms with van der Waals surface area (Å²) in [4.78, 5) is 11.8. The molecule has 0 aromatic carbocycles. The van der Waals surface area contributed by atoms with Crippen molar-refractivity contribution in [2.75, 3.05) is 26.7 Å². The predicted octanol–water partition coefficient (Wildman–Crippen LogP) is -0.458. The fraction of sp³-hybridized carbons (Fsp3) is 0.833. The molecule has 1 heterocycles. The molecule has 0 saturated carbocycles. The fourth-order valence-electron chi connectivity index (χ4n) is 1.05. The van der Waals surface area contributed by atoms with Crippen molar-refractivity contribution in [1.29, 1.82) is 0 Å². The lowest BCUT2D eigenvalue weighted by Crippen LogP contribution is -2.52. The topological polar surface area (TPSA) is 61.8 Å². The molecule has 0 aromatic rings. The maximum atomic E-state index is 10.5. The Kier molecular flexibility index (Phi) is 2.67. The molecule has 5 nitrogen and oxygen atoms in total. The number of hydrogen-bond acceptors (Lipinski definition) is 3. The van der Waals surface area contributed by atoms with Crippen molar-refractivity contribution in [3.63, 3.8) is 0 Å². The van der Waals surface area contributed by atoms with Crippen LogP contribution in [0.4, 0.5) is 4.79 Å². The summed E-state index contributed by atoms with van der Waals surface area (Å²) in [7, 11) is 1.56. The number of carbonyl (C=O) groups is 1. The van der Waals surface area contributed by atoms with Gasteiger partial charge in [-0.05, 0) is 0 Å². The second kappa shape index (κ2) is 3.54. The summed E-state index contributed by atoms with van der Waals surface area (Å²) in [5, 5.41) is 11.6. The molecule has 1 unspecified atom stereocenters. The van der Waals surface area contributed by atoms with Gasteiger partial charge in [0, 0.05) is 20.2 Å². The van der Waals surface area contributed by atoms with E-state index in [2.05, 4.69) is 5.32 Å². The number of ether oxygens (including phenoxy) is 1. The Labute approximate surface area is 64.9 Å². The van der Waals surface area contributed by atoms with Crippen LogP contribution in [0.15, 0.2) is 0 Å². The normalized spacial score (nSPS) is 25.2. The summed E-state index contributed by atoms with van der Waals surface area (Å²) in [6.45, 7) is 1.60. The molecule has 1 rings (SSSR count). The first kappa shape index (κ1) is 8.29. The van der Waals surface area contributed by atoms with E-state index < -0.39 is 6.09 Å². The van der Waals surface area contributed by atoms with Crippen LogP contribution in [-0.4, -0.2) is 49.1 Å². The van der Waals surface area contributed by atoms with Crippen LogP contribution in [0.3, 0.4) is 0 Å². The first-order valence-electron chi connectivity index (χ1n) is 3.48. The summed E-state index contributed by atoms with van der Waals surface area (Å²) >= 11 is 0. The Bertz CT molecular complexity index is 151. The van der Waals surface area contributed by atoms with Gasteiger partial charge in [0.25, 0.3) is 0 Å². The van der Waals surface area contributed by atoms with Crippen molar-refractivity contribution in [2.45, 2.75) is 6.23 Å². The standard InChI is InChI=1S/C6H12N2O3/c1-11-5-4-8(6(9)10)3-2-7-5/h5,7H,2-4H2,1H3,(H,9,10). The van der Waals surface area contributed by atoms with Gasteiger partial charge < -0.3 is 14.7 Å². The van der Waals surface area contributed by atoms with Crippen LogP contribution >= 0.6 is 0 Å². The molecule has 0 aliphatic carbocycles. The van der Waals surface area contributed by atoms with Crippen molar-refractivity contribution >= 4 is 6.09 Å². The van der Waals surface area contributed by atoms with Crippen molar-refractivity contribution in [3.05, 3.63) is 0 Å². The first-order valence-corrected chi connectivity index (χ1v) is 3.48. The van der Waals surface area contributed by atoms with Crippen molar-refractivity contribution in [2.24, 2.45) is 0 Å². The Morgan fingerprint density at radius 3 is 3.09 bits per heavy atom. The number of methoxy groups -OCH3 is 1. The van der Waals surface area contributed by atoms with E-state index in [0.717, 1.165) is 0 Å². The molecule has 1 atom stereocenters. The number of nitrogens with one attached hydrogen (secondary N) is 1. The van der Waals surface area contributed by atoms with Crippen LogP contribution in [0.2, 0.25) is 0 Å². The molecular formula is C6H12N2O3. The number of nitrogens with zero attached hydrogens (tertiary/aromatic N) is 1. The third-order valence-corrected chi connectivity index (χ3v) is 1.69. The SMILES string of the molecule is COC1CN(C(=O)O)CCN1. The highest BCUT2D eigenvalue weighted by Gasteiger charge is 2.21. The number of piperazine rings is 1. The maximum Gasteiger partial charge on any atom is 0.407 e. The molecule has 5 heteroatoms. The van der Waals surface area contributed by atoms with Gasteiger partial charge in [-0.3, -0.25) is 5.32 Å². The van der Waals surface area contributed by atoms with Gasteiger partial charge in [0.05, 0.1) is 6.54 Å². The van der Waals surface area contributed by atoms with Gasteiger partial charge in [0.1, 0.15) is 6.23 Å². The molecule has 1 amide bonds. The van der Waals surface area contributed by atoms with Crippen molar-refractivity contribution in [1.82, 2.24) is 10.2 Å². The Morgan fingerprint density at radius 2 is 2.55 bits per heavy atom. The second-order valence-corrected chi connectivity index (χ2v) is 2.41. The first-order chi connectivity index (χ1) is 5.24. The summed E-state index contributed by atoms with van der Waals surface area (Å²) < 4.78 is 4.96. The minimum atomic E-state index is -0.881. The van der Waals surface area contributed by atoms with Crippen LogP contribution in [0.1, 0.15) is 0 Å². The molecular weight excluding hydrogens is 148 g/mol. The van der Waals surface area contributed by atoms with Crippen LogP contribution in [-0.2, 0) is 4.74 Å². The minimum absolute atomic E-state index is 0.153. The largest absolute Gasteiger partial charge is 0.465 e. The maximum absolute atomic E-state index is 10.5. The van der Waals surface area contributed by atoms with Crippen LogP contribution in [0.25, 0.3) is 0 Å². The molecule has 0 spiro atoms. The van der Waals surface area contributed by atoms with Gasteiger partial charge in [0.2, 0.25) is 0 Å². The third kappa shape index (κ3) is 2.06. The summed E-state index contributed by atoms with van der Waals surface area (Å²) in [5.41, 5.74) is 0. The molecule has 11 heavy (non-hydrogen) atoms. The van der Waals surface area contributed by atoms with Crippen LogP contribution < -0.4 is 5.32 Å². The lowest BCUT2D eigenvalue weighted by molar-refractivity contribution is 0.0192. The van der Waals surface area contributed by atoms with Gasteiger partial charge in [0.15, 0.2) is 0 Å². The Morgan fingerprint density at radius 1 is 1.82 bits per heavy atom. The van der Waals surface area contributed by atoms with Crippen molar-refractivity contribution < 1.29 is 14.6 Å². The molecule has 1 aliphatic heterocycles. The molecule has 0 aromatic heterocycles. The molecule has 64 valence electrons. The van der Waals surface area contributed by atoms with E-state index in [4.69, 9.17) is 9.84 Å². The zero-order valence-corrected chi connectivity index (χ0v) is 6.41. The van der Waals surface area contributed by atoms with Gasteiger partial charge in [-0.15, -0.1) is 0 Å². The summed E-state index contributed by atoms with van der Waals surface area (Å²) in [6.07, 6.45) is -1.03. The smallest absolute Gasteiger partial charge is 0.407 e. The molecule has 1 aliphatic rings. The highest BCUT2D eigenvalue weighted by molar-refractivity contribution is 5.65. The molecule has 1 saturated heterocycles. The summed E-state index contributed by atoms with van der Waals surface area (Å²) in [6, 6.07) is 0. The number of hydrogen-bond donors (Lipinski definition) is 2. The van der Waals surface area contributed by atoms with E-state index in [1.807, 2.05) is 0 Å². The molecule has 2 N–H and O–H groups in total. The molecule has 0 radical (unpaired) electrons. The Balaban J connectivity index is 2.39. The lowest BCUT2D eigenvalue weighted by atomic mass is 10.3. The van der Waals surface area contributed by atoms with E-state index in [1.165, 1.54) is 4.90 Å². The number of rotatable bonds is 1. The van der Waals surface area contributed by atoms with Crippen molar-refractivity contribution in [3.8, 4) is 0 Å². The van der Waals surface area contributed by atoms with Crippen LogP contribution in [0, 0.1) is 0 Å². The van der Waals surface area contributed by atoms with E-state index in [-0.39, 0.29) is 6.23 Å². The van der Waals surface area contributed by atoms with Gasteiger partial charge in [-0.25, -0.2) is 4.79 Å². The highest BCUT2D eigenvalue weighted by atomic mass is 16.5. The van der Waals surface area contributed by atoms with E-state index in [9.17, 15) is 4.79 Å². The predicted molar refractivity (Wildman–Crippen MR) is 38.4 cm³/mol. The molecule has 0 bridgehead atoms. The number of amides is 1. The highest BCUT2D eigenvalue weighted by Crippen LogP contribution is 1.98. The quantitative estimate of drug-likeness (QED) is 0.545. The second-order valence-electron chi connectivity index (χ2n) is 2.41. The zero-order chi connectivity index (χ0) is 8.27. The van der Waals surface area contributed by atoms with Gasteiger partial charge in [-0.1, -0.05) is 0 Å². The zero-order valence-electron chi connectivity index (χ0n) is 6.41. The van der Waals surface area contributed by atoms with Gasteiger partial charge in [-0.2, -0.15) is 0 Å². The monoisotopic (exact) mass is 160 g/mol. The summed E-state index contributed by atoms with van der Waals surface area (Å²) in [5.74, 6) is 0. The molecule has 1 fully saturated rings. The van der Waals surface area contributed by atoms with Gasteiger partial charge >= 0.3 is 6.09 Å². The fourth-order valence-corrected chi connectivity index (χ4v) is 1.05. The van der Waals surface area contributed by atoms with E-state index >= 15 is 0 Å². The number of carboxylic acid groups (broad SMARTS) is 1. The van der Waals surface area contributed by atoms with Crippen LogP contribution in [0.5, 0.6) is 0 Å². The average Bonchev–Trinajstić information content (AvgIpc) is 2.05. The van der Waals surface area contributed by atoms with E-state index in [1.54, 1.807) is 7.11 Å². The Hall–Kier alpha value is -0.810.